The van der Waals surface area contributed by atoms with Crippen molar-refractivity contribution in [1.82, 2.24) is 19.8 Å². The molecule has 1 aromatic carbocycles. The predicted molar refractivity (Wildman–Crippen MR) is 140 cm³/mol. The Bertz CT molecular complexity index is 1300. The van der Waals surface area contributed by atoms with Gasteiger partial charge in [-0.05, 0) is 61.9 Å². The van der Waals surface area contributed by atoms with Crippen LogP contribution in [0.15, 0.2) is 36.5 Å². The van der Waals surface area contributed by atoms with Gasteiger partial charge in [0.05, 0.1) is 17.1 Å². The van der Waals surface area contributed by atoms with Gasteiger partial charge in [0.2, 0.25) is 0 Å². The first kappa shape index (κ1) is 24.5. The molecule has 36 heavy (non-hydrogen) atoms. The number of hydrogen-bond donors (Lipinski definition) is 0. The van der Waals surface area contributed by atoms with Crippen molar-refractivity contribution in [3.05, 3.63) is 69.6 Å². The monoisotopic (exact) mass is 506 g/mol. The lowest BCUT2D eigenvalue weighted by atomic mass is 9.83. The molecule has 0 radical (unpaired) electrons. The number of aromatic nitrogens is 2. The minimum Gasteiger partial charge on any atom is -0.449 e. The van der Waals surface area contributed by atoms with Gasteiger partial charge in [-0.25, -0.2) is 4.79 Å². The molecule has 1 saturated heterocycles. The zero-order chi connectivity index (χ0) is 25.2. The Morgan fingerprint density at radius 2 is 1.92 bits per heavy atom. The molecule has 2 aliphatic rings. The number of ether oxygens (including phenoxy) is 1. The summed E-state index contributed by atoms with van der Waals surface area (Å²) < 4.78 is 5.22. The molecular weight excluding hydrogens is 476 g/mol. The third-order valence-corrected chi connectivity index (χ3v) is 7.66. The molecule has 1 fully saturated rings. The highest BCUT2D eigenvalue weighted by Gasteiger charge is 2.28. The summed E-state index contributed by atoms with van der Waals surface area (Å²) in [6.07, 6.45) is 4.98. The average molecular weight is 507 g/mol. The molecule has 0 bridgehead atoms. The predicted octanol–water partition coefficient (Wildman–Crippen LogP) is 5.17. The highest BCUT2D eigenvalue weighted by molar-refractivity contribution is 6.36. The van der Waals surface area contributed by atoms with Crippen LogP contribution in [0.4, 0.5) is 4.79 Å². The van der Waals surface area contributed by atoms with Gasteiger partial charge in [0.1, 0.15) is 0 Å². The lowest BCUT2D eigenvalue weighted by Gasteiger charge is -2.34. The fraction of sp³-hybridized carbons (Fsp3) is 0.429. The first-order valence-electron chi connectivity index (χ1n) is 12.7. The van der Waals surface area contributed by atoms with E-state index in [1.165, 1.54) is 5.56 Å². The Morgan fingerprint density at radius 3 is 2.67 bits per heavy atom. The summed E-state index contributed by atoms with van der Waals surface area (Å²) >= 11 is 6.85. The number of halogens is 1. The lowest BCUT2D eigenvalue weighted by Crippen LogP contribution is -2.50. The van der Waals surface area contributed by atoms with Gasteiger partial charge in [-0.3, -0.25) is 14.8 Å². The molecule has 2 amide bonds. The third kappa shape index (κ3) is 4.76. The van der Waals surface area contributed by atoms with Crippen LogP contribution in [0.2, 0.25) is 5.02 Å². The highest BCUT2D eigenvalue weighted by Crippen LogP contribution is 2.38. The van der Waals surface area contributed by atoms with E-state index in [9.17, 15) is 9.59 Å². The maximum absolute atomic E-state index is 13.3. The minimum atomic E-state index is -0.308. The quantitative estimate of drug-likeness (QED) is 0.488. The first-order valence-corrected chi connectivity index (χ1v) is 13.1. The Balaban J connectivity index is 1.34. The molecule has 3 heterocycles. The van der Waals surface area contributed by atoms with Crippen LogP contribution in [0.25, 0.3) is 10.9 Å². The molecule has 1 aliphatic carbocycles. The van der Waals surface area contributed by atoms with Crippen LogP contribution in [-0.2, 0) is 17.6 Å². The average Bonchev–Trinajstić information content (AvgIpc) is 2.91. The fourth-order valence-electron chi connectivity index (χ4n) is 5.24. The third-order valence-electron chi connectivity index (χ3n) is 7.22. The number of nitrogens with zero attached hydrogens (tertiary/aromatic N) is 4. The first-order chi connectivity index (χ1) is 17.5. The van der Waals surface area contributed by atoms with E-state index in [0.717, 1.165) is 58.6 Å². The number of piperazine rings is 1. The van der Waals surface area contributed by atoms with Crippen LogP contribution in [0.1, 0.15) is 58.6 Å². The molecule has 188 valence electrons. The second-order valence-corrected chi connectivity index (χ2v) is 10.00. The van der Waals surface area contributed by atoms with Gasteiger partial charge in [-0.15, -0.1) is 0 Å². The summed E-state index contributed by atoms with van der Waals surface area (Å²) in [5.41, 5.74) is 5.76. The van der Waals surface area contributed by atoms with Gasteiger partial charge >= 0.3 is 6.09 Å². The zero-order valence-electron chi connectivity index (χ0n) is 20.8. The molecule has 1 aliphatic heterocycles. The van der Waals surface area contributed by atoms with Crippen molar-refractivity contribution in [3.8, 4) is 0 Å². The van der Waals surface area contributed by atoms with Crippen molar-refractivity contribution in [1.29, 1.82) is 0 Å². The largest absolute Gasteiger partial charge is 0.449 e. The van der Waals surface area contributed by atoms with Gasteiger partial charge in [-0.1, -0.05) is 30.7 Å². The number of carbonyl (C=O) groups excluding carboxylic acids is 2. The normalized spacial score (nSPS) is 17.7. The van der Waals surface area contributed by atoms with E-state index in [0.29, 0.717) is 44.3 Å². The molecule has 1 atom stereocenters. The molecule has 3 aromatic rings. The van der Waals surface area contributed by atoms with Gasteiger partial charge in [0.25, 0.3) is 5.91 Å². The number of amides is 2. The molecule has 7 nitrogen and oxygen atoms in total. The molecule has 0 spiro atoms. The lowest BCUT2D eigenvalue weighted by molar-refractivity contribution is 0.0560. The minimum absolute atomic E-state index is 0.0592. The van der Waals surface area contributed by atoms with Crippen molar-refractivity contribution in [3.63, 3.8) is 0 Å². The maximum Gasteiger partial charge on any atom is 0.409 e. The van der Waals surface area contributed by atoms with Gasteiger partial charge in [0.15, 0.2) is 0 Å². The summed E-state index contributed by atoms with van der Waals surface area (Å²) in [5, 5.41) is 1.62. The number of carbonyl (C=O) groups is 2. The summed E-state index contributed by atoms with van der Waals surface area (Å²) in [6, 6.07) is 9.65. The van der Waals surface area contributed by atoms with Crippen LogP contribution < -0.4 is 0 Å². The van der Waals surface area contributed by atoms with Crippen LogP contribution in [0, 0.1) is 6.92 Å². The smallest absolute Gasteiger partial charge is 0.409 e. The topological polar surface area (TPSA) is 75.6 Å². The van der Waals surface area contributed by atoms with Crippen LogP contribution >= 0.6 is 11.6 Å². The Labute approximate surface area is 216 Å². The Hall–Kier alpha value is -3.19. The van der Waals surface area contributed by atoms with E-state index in [1.54, 1.807) is 9.80 Å². The molecule has 2 aromatic heterocycles. The van der Waals surface area contributed by atoms with E-state index in [2.05, 4.69) is 18.0 Å². The van der Waals surface area contributed by atoms with Crippen LogP contribution in [-0.4, -0.2) is 64.6 Å². The van der Waals surface area contributed by atoms with E-state index in [4.69, 9.17) is 21.3 Å². The Morgan fingerprint density at radius 1 is 1.14 bits per heavy atom. The van der Waals surface area contributed by atoms with Crippen molar-refractivity contribution in [2.75, 3.05) is 32.8 Å². The fourth-order valence-corrected chi connectivity index (χ4v) is 5.60. The van der Waals surface area contributed by atoms with Gasteiger partial charge < -0.3 is 14.5 Å². The molecular formula is C28H31ClN4O3. The van der Waals surface area contributed by atoms with Gasteiger partial charge in [-0.2, -0.15) is 0 Å². The van der Waals surface area contributed by atoms with Crippen molar-refractivity contribution >= 4 is 34.5 Å². The second-order valence-electron chi connectivity index (χ2n) is 9.62. The molecule has 0 saturated carbocycles. The zero-order valence-corrected chi connectivity index (χ0v) is 21.6. The Kier molecular flexibility index (Phi) is 7.10. The van der Waals surface area contributed by atoms with Crippen LogP contribution in [0.3, 0.4) is 0 Å². The number of hydrogen-bond acceptors (Lipinski definition) is 5. The van der Waals surface area contributed by atoms with E-state index < -0.39 is 0 Å². The SMILES string of the molecule is CCCOC(=O)N1CCN(C(=O)c2ccc3c(Cl)c4c(nc3c2)CC(c2ncccc2C)CC4)CC1. The number of pyridine rings is 2. The summed E-state index contributed by atoms with van der Waals surface area (Å²) in [4.78, 5) is 38.4. The molecule has 1 unspecified atom stereocenters. The number of aryl methyl sites for hydroxylation is 1. The van der Waals surface area contributed by atoms with E-state index >= 15 is 0 Å². The van der Waals surface area contributed by atoms with E-state index in [-0.39, 0.29) is 12.0 Å². The standard InChI is InChI=1S/C28H31ClN4O3/c1-3-15-36-28(35)33-13-11-32(12-14-33)27(34)20-7-9-22-24(17-20)31-23-16-19(6-8-21(23)25(22)29)26-18(2)5-4-10-30-26/h4-5,7,9-10,17,19H,3,6,8,11-16H2,1-2H3. The molecule has 0 N–H and O–H groups in total. The summed E-state index contributed by atoms with van der Waals surface area (Å²) in [7, 11) is 0. The van der Waals surface area contributed by atoms with Crippen molar-refractivity contribution in [2.24, 2.45) is 0 Å². The number of benzene rings is 1. The summed E-state index contributed by atoms with van der Waals surface area (Å²) in [6.45, 7) is 6.36. The number of fused-ring (bicyclic) bond motifs is 2. The summed E-state index contributed by atoms with van der Waals surface area (Å²) in [5.74, 6) is 0.251. The molecule has 5 rings (SSSR count). The number of rotatable bonds is 4. The van der Waals surface area contributed by atoms with Crippen molar-refractivity contribution in [2.45, 2.75) is 45.4 Å². The highest BCUT2D eigenvalue weighted by atomic mass is 35.5. The second kappa shape index (κ2) is 10.4. The van der Waals surface area contributed by atoms with Gasteiger partial charge in [0, 0.05) is 60.6 Å². The van der Waals surface area contributed by atoms with Crippen molar-refractivity contribution < 1.29 is 14.3 Å². The van der Waals surface area contributed by atoms with E-state index in [1.807, 2.05) is 37.4 Å². The molecule has 8 heteroatoms. The van der Waals surface area contributed by atoms with Crippen LogP contribution in [0.5, 0.6) is 0 Å². The maximum atomic E-state index is 13.3.